The third-order valence-corrected chi connectivity index (χ3v) is 14.9. The standard InChI is InChI=1S/C28H30Cl2N4O4.C24H27Cl2N5O3.C3H3ClO.CH4/c1-6-19(35)11-16-10-17(27(36)34(2)3)12-21(16)33-28-31-14-18-9-15(7-8-20(18)32-28)24-25(29)22(37-4)13-23(38-5)26(24)30;1-31(2)23(32)13-8-15(27)17(9-13)30-24-28-11-14-7-12(5-6-16(14)29-24)20-21(25)18(33-3)10-19(34-4)22(20)26;1-2-3(4)5;/h6-9,13-14,16-17,21H,1,10-12H2,2-5H3,(H,31,32,33);5-7,10-11,13,15,17H,8-9,27H2,1-4H3,(H,28,29,30);2H,1H2;1H4/t16?,17-,21?;13-,15?,17?;;/m11../s1. The summed E-state index contributed by atoms with van der Waals surface area (Å²) in [7, 11) is 13.1. The molecule has 4 unspecified atom stereocenters. The van der Waals surface area contributed by atoms with Crippen molar-refractivity contribution in [3.05, 3.63) is 106 Å². The van der Waals surface area contributed by atoms with Crippen LogP contribution in [0.1, 0.15) is 39.5 Å². The topological polar surface area (TPSA) is 213 Å². The smallest absolute Gasteiger partial charge is 0.244 e. The van der Waals surface area contributed by atoms with E-state index in [0.29, 0.717) is 104 Å². The Bertz CT molecular complexity index is 3140. The van der Waals surface area contributed by atoms with E-state index in [1.165, 1.54) is 34.5 Å². The summed E-state index contributed by atoms with van der Waals surface area (Å²) >= 11 is 31.0. The molecule has 0 aliphatic heterocycles. The second-order valence-electron chi connectivity index (χ2n) is 18.6. The summed E-state index contributed by atoms with van der Waals surface area (Å²) in [5, 5.41) is 9.31. The lowest BCUT2D eigenvalue weighted by Gasteiger charge is -2.20. The molecular formula is C56H64Cl5N9O8. The van der Waals surface area contributed by atoms with E-state index < -0.39 is 5.24 Å². The van der Waals surface area contributed by atoms with Gasteiger partial charge in [-0.15, -0.1) is 0 Å². The molecule has 8 rings (SSSR count). The number of anilines is 2. The van der Waals surface area contributed by atoms with Gasteiger partial charge in [-0.1, -0.05) is 79.1 Å². The molecule has 4 N–H and O–H groups in total. The van der Waals surface area contributed by atoms with Crippen LogP contribution in [-0.4, -0.2) is 127 Å². The number of hydrogen-bond donors (Lipinski definition) is 3. The number of carbonyl (C=O) groups excluding carboxylic acids is 4. The molecule has 22 heteroatoms. The van der Waals surface area contributed by atoms with E-state index in [-0.39, 0.29) is 60.9 Å². The van der Waals surface area contributed by atoms with E-state index >= 15 is 0 Å². The number of methoxy groups -OCH3 is 4. The fourth-order valence-corrected chi connectivity index (χ4v) is 10.8. The van der Waals surface area contributed by atoms with Crippen molar-refractivity contribution in [3.8, 4) is 45.3 Å². The molecule has 0 spiro atoms. The lowest BCUT2D eigenvalue weighted by molar-refractivity contribution is -0.133. The SMILES string of the molecule is C.C=CC(=O)CC1C[C@@H](C(=O)N(C)C)CC1Nc1ncc2cc(-c3c(Cl)c(OC)cc(OC)c3Cl)ccc2n1.C=CC(=O)Cl.COc1cc(OC)c(Cl)c(-c2ccc3nc(NC4C[C@H](C(=O)N(C)C)CC4N)ncc3c2)c1Cl. The molecule has 6 aromatic rings. The Morgan fingerprint density at radius 3 is 1.38 bits per heavy atom. The number of nitrogens with two attached hydrogens (primary N) is 1. The number of benzene rings is 4. The number of hydrogen-bond acceptors (Lipinski definition) is 15. The van der Waals surface area contributed by atoms with E-state index in [1.54, 1.807) is 62.5 Å². The van der Waals surface area contributed by atoms with Crippen molar-refractivity contribution in [1.82, 2.24) is 29.7 Å². The highest BCUT2D eigenvalue weighted by Gasteiger charge is 2.40. The van der Waals surface area contributed by atoms with E-state index in [4.69, 9.17) is 82.7 Å². The average molecular weight is 1170 g/mol. The largest absolute Gasteiger partial charge is 0.495 e. The van der Waals surface area contributed by atoms with E-state index in [1.807, 2.05) is 36.4 Å². The van der Waals surface area contributed by atoms with E-state index in [2.05, 4.69) is 43.7 Å². The van der Waals surface area contributed by atoms with Crippen LogP contribution in [0.25, 0.3) is 44.1 Å². The van der Waals surface area contributed by atoms with Gasteiger partial charge < -0.3 is 45.1 Å². The van der Waals surface area contributed by atoms with Crippen LogP contribution < -0.4 is 35.3 Å². The molecule has 2 heterocycles. The summed E-state index contributed by atoms with van der Waals surface area (Å²) in [5.74, 6) is 2.56. The molecule has 2 fully saturated rings. The lowest BCUT2D eigenvalue weighted by atomic mass is 9.96. The molecular weight excluding hydrogens is 1100 g/mol. The number of aromatic nitrogens is 4. The average Bonchev–Trinajstić information content (AvgIpc) is 4.01. The molecule has 2 aliphatic carbocycles. The summed E-state index contributed by atoms with van der Waals surface area (Å²) in [6.45, 7) is 6.67. The molecule has 0 bridgehead atoms. The van der Waals surface area contributed by atoms with Crippen LogP contribution in [-0.2, 0) is 19.2 Å². The monoisotopic (exact) mass is 1170 g/mol. The maximum Gasteiger partial charge on any atom is 0.244 e. The van der Waals surface area contributed by atoms with Gasteiger partial charge in [-0.25, -0.2) is 19.9 Å². The third kappa shape index (κ3) is 14.6. The Labute approximate surface area is 479 Å². The Morgan fingerprint density at radius 2 is 1.01 bits per heavy atom. The van der Waals surface area contributed by atoms with Gasteiger partial charge in [0.2, 0.25) is 29.0 Å². The summed E-state index contributed by atoms with van der Waals surface area (Å²) in [5.41, 5.74) is 10.5. The molecule has 2 saturated carbocycles. The minimum Gasteiger partial charge on any atom is -0.495 e. The maximum atomic E-state index is 12.6. The number of carbonyl (C=O) groups is 4. The number of nitrogens with one attached hydrogen (secondary N) is 2. The van der Waals surface area contributed by atoms with Crippen LogP contribution >= 0.6 is 58.0 Å². The van der Waals surface area contributed by atoms with E-state index in [9.17, 15) is 19.2 Å². The molecule has 17 nitrogen and oxygen atoms in total. The number of amides is 2. The maximum absolute atomic E-state index is 12.6. The van der Waals surface area contributed by atoms with Crippen molar-refractivity contribution >= 4 is 115 Å². The van der Waals surface area contributed by atoms with Gasteiger partial charge in [0.15, 0.2) is 5.78 Å². The fourth-order valence-electron chi connectivity index (χ4n) is 9.37. The van der Waals surface area contributed by atoms with Crippen LogP contribution in [0.4, 0.5) is 11.9 Å². The van der Waals surface area contributed by atoms with Crippen LogP contribution in [0, 0.1) is 17.8 Å². The molecule has 0 saturated heterocycles. The Morgan fingerprint density at radius 1 is 0.628 bits per heavy atom. The van der Waals surface area contributed by atoms with Crippen LogP contribution in [0.2, 0.25) is 20.1 Å². The molecule has 78 heavy (non-hydrogen) atoms. The van der Waals surface area contributed by atoms with Crippen LogP contribution in [0.5, 0.6) is 23.0 Å². The lowest BCUT2D eigenvalue weighted by Crippen LogP contribution is -2.35. The van der Waals surface area contributed by atoms with Gasteiger partial charge >= 0.3 is 0 Å². The number of ether oxygens (including phenoxy) is 4. The number of fused-ring (bicyclic) bond motifs is 2. The van der Waals surface area contributed by atoms with Gasteiger partial charge in [-0.3, -0.25) is 19.2 Å². The highest BCUT2D eigenvalue weighted by Crippen LogP contribution is 2.48. The van der Waals surface area contributed by atoms with Crippen molar-refractivity contribution in [3.63, 3.8) is 0 Å². The van der Waals surface area contributed by atoms with Gasteiger partial charge in [0.25, 0.3) is 0 Å². The normalized spacial score (nSPS) is 18.2. The van der Waals surface area contributed by atoms with Gasteiger partial charge in [0.05, 0.1) is 59.6 Å². The highest BCUT2D eigenvalue weighted by atomic mass is 35.5. The molecule has 2 amide bonds. The van der Waals surface area contributed by atoms with Gasteiger partial charge in [-0.05, 0) is 90.7 Å². The first-order valence-electron chi connectivity index (χ1n) is 24.1. The minimum atomic E-state index is -0.509. The van der Waals surface area contributed by atoms with Gasteiger partial charge in [0, 0.05) is 111 Å². The molecule has 0 radical (unpaired) electrons. The predicted octanol–water partition coefficient (Wildman–Crippen LogP) is 11.5. The number of rotatable bonds is 16. The second kappa shape index (κ2) is 27.9. The molecule has 2 aliphatic rings. The zero-order valence-corrected chi connectivity index (χ0v) is 47.5. The van der Waals surface area contributed by atoms with Crippen molar-refractivity contribution in [2.75, 3.05) is 67.3 Å². The third-order valence-electron chi connectivity index (χ3n) is 13.3. The highest BCUT2D eigenvalue weighted by molar-refractivity contribution is 6.66. The van der Waals surface area contributed by atoms with Crippen molar-refractivity contribution < 1.29 is 38.1 Å². The van der Waals surface area contributed by atoms with Gasteiger partial charge in [0.1, 0.15) is 23.0 Å². The van der Waals surface area contributed by atoms with Crippen LogP contribution in [0.15, 0.2) is 86.2 Å². The zero-order chi connectivity index (χ0) is 56.4. The fraction of sp³-hybridized carbons (Fsp3) is 0.357. The first-order valence-corrected chi connectivity index (χ1v) is 26.0. The second-order valence-corrected chi connectivity index (χ2v) is 20.5. The van der Waals surface area contributed by atoms with E-state index in [0.717, 1.165) is 33.5 Å². The van der Waals surface area contributed by atoms with Crippen LogP contribution in [0.3, 0.4) is 0 Å². The minimum absolute atomic E-state index is 0. The molecule has 416 valence electrons. The molecule has 6 atom stereocenters. The molecule has 4 aromatic carbocycles. The molecule has 2 aromatic heterocycles. The quantitative estimate of drug-likeness (QED) is 0.0607. The first kappa shape index (κ1) is 62.4. The Balaban J connectivity index is 0.000000262. The van der Waals surface area contributed by atoms with Gasteiger partial charge in [-0.2, -0.15) is 0 Å². The number of halogens is 5. The van der Waals surface area contributed by atoms with Crippen molar-refractivity contribution in [2.24, 2.45) is 23.5 Å². The summed E-state index contributed by atoms with van der Waals surface area (Å²) < 4.78 is 21.5. The Hall–Kier alpha value is -6.47. The van der Waals surface area contributed by atoms with Crippen molar-refractivity contribution in [2.45, 2.75) is 57.7 Å². The Kier molecular flexibility index (Phi) is 22.3. The number of allylic oxidation sites excluding steroid dienone is 2. The first-order chi connectivity index (χ1) is 36.7. The predicted molar refractivity (Wildman–Crippen MR) is 313 cm³/mol. The number of ketones is 1. The number of nitrogens with zero attached hydrogens (tertiary/aromatic N) is 6. The summed E-state index contributed by atoms with van der Waals surface area (Å²) in [6, 6.07) is 14.3. The zero-order valence-electron chi connectivity index (χ0n) is 43.8. The summed E-state index contributed by atoms with van der Waals surface area (Å²) in [6.07, 6.45) is 8.65. The summed E-state index contributed by atoms with van der Waals surface area (Å²) in [4.78, 5) is 68.0. The van der Waals surface area contributed by atoms with Crippen molar-refractivity contribution in [1.29, 1.82) is 0 Å².